The molecule has 0 spiro atoms. The number of aryl methyl sites for hydroxylation is 1. The predicted octanol–water partition coefficient (Wildman–Crippen LogP) is 3.70. The van der Waals surface area contributed by atoms with Crippen molar-refractivity contribution in [3.63, 3.8) is 0 Å². The first-order chi connectivity index (χ1) is 8.18. The van der Waals surface area contributed by atoms with Crippen molar-refractivity contribution in [2.75, 3.05) is 0 Å². The summed E-state index contributed by atoms with van der Waals surface area (Å²) in [6, 6.07) is 17.7. The van der Waals surface area contributed by atoms with Crippen LogP contribution in [0.25, 0.3) is 0 Å². The average molecular weight is 244 g/mol. The van der Waals surface area contributed by atoms with E-state index in [1.807, 2.05) is 61.5 Å². The Bertz CT molecular complexity index is 464. The smallest absolute Gasteiger partial charge is 0.0946 e. The standard InChI is InChI=1S/C15H16OS/c1-11-7-9-12(10-8-11)14(16)15(17)13-5-3-2-4-6-13/h2-10,14-17H,1H3. The van der Waals surface area contributed by atoms with E-state index in [1.165, 1.54) is 5.56 Å². The summed E-state index contributed by atoms with van der Waals surface area (Å²) >= 11 is 4.50. The van der Waals surface area contributed by atoms with E-state index in [0.717, 1.165) is 11.1 Å². The third kappa shape index (κ3) is 2.90. The minimum Gasteiger partial charge on any atom is -0.387 e. The van der Waals surface area contributed by atoms with Crippen LogP contribution in [0.1, 0.15) is 28.0 Å². The van der Waals surface area contributed by atoms with Gasteiger partial charge in [-0.3, -0.25) is 0 Å². The SMILES string of the molecule is Cc1ccc(C(O)C(S)c2ccccc2)cc1. The molecule has 2 unspecified atom stereocenters. The first-order valence-corrected chi connectivity index (χ1v) is 6.18. The Balaban J connectivity index is 2.20. The van der Waals surface area contributed by atoms with E-state index in [1.54, 1.807) is 0 Å². The Kier molecular flexibility index (Phi) is 3.87. The van der Waals surface area contributed by atoms with Crippen LogP contribution in [0, 0.1) is 6.92 Å². The molecule has 0 aliphatic rings. The van der Waals surface area contributed by atoms with Crippen LogP contribution < -0.4 is 0 Å². The lowest BCUT2D eigenvalue weighted by Gasteiger charge is -2.19. The Hall–Kier alpha value is -1.25. The van der Waals surface area contributed by atoms with Crippen molar-refractivity contribution in [2.24, 2.45) is 0 Å². The largest absolute Gasteiger partial charge is 0.387 e. The van der Waals surface area contributed by atoms with Crippen molar-refractivity contribution in [1.82, 2.24) is 0 Å². The molecule has 2 atom stereocenters. The molecule has 0 aliphatic carbocycles. The lowest BCUT2D eigenvalue weighted by Crippen LogP contribution is -2.05. The first kappa shape index (κ1) is 12.2. The van der Waals surface area contributed by atoms with Gasteiger partial charge in [0.2, 0.25) is 0 Å². The van der Waals surface area contributed by atoms with Gasteiger partial charge in [0.25, 0.3) is 0 Å². The van der Waals surface area contributed by atoms with Gasteiger partial charge < -0.3 is 5.11 Å². The molecule has 1 nitrogen and oxygen atoms in total. The van der Waals surface area contributed by atoms with Crippen LogP contribution in [-0.2, 0) is 0 Å². The third-order valence-electron chi connectivity index (χ3n) is 2.86. The van der Waals surface area contributed by atoms with Crippen LogP contribution in [0.2, 0.25) is 0 Å². The van der Waals surface area contributed by atoms with E-state index in [4.69, 9.17) is 0 Å². The summed E-state index contributed by atoms with van der Waals surface area (Å²) < 4.78 is 0. The van der Waals surface area contributed by atoms with Gasteiger partial charge in [-0.15, -0.1) is 0 Å². The normalized spacial score (nSPS) is 14.3. The van der Waals surface area contributed by atoms with Crippen LogP contribution in [-0.4, -0.2) is 5.11 Å². The molecule has 0 bridgehead atoms. The second-order valence-corrected chi connectivity index (χ2v) is 4.77. The summed E-state index contributed by atoms with van der Waals surface area (Å²) in [6.07, 6.45) is -0.582. The molecule has 0 radical (unpaired) electrons. The third-order valence-corrected chi connectivity index (χ3v) is 3.44. The Labute approximate surface area is 108 Å². The maximum atomic E-state index is 10.3. The Morgan fingerprint density at radius 3 is 2.06 bits per heavy atom. The van der Waals surface area contributed by atoms with Gasteiger partial charge in [0.15, 0.2) is 0 Å². The lowest BCUT2D eigenvalue weighted by molar-refractivity contribution is 0.175. The highest BCUT2D eigenvalue weighted by Gasteiger charge is 2.18. The van der Waals surface area contributed by atoms with E-state index in [0.29, 0.717) is 0 Å². The van der Waals surface area contributed by atoms with Crippen molar-refractivity contribution in [3.05, 3.63) is 71.3 Å². The molecule has 0 heterocycles. The fourth-order valence-corrected chi connectivity index (χ4v) is 2.12. The molecule has 0 saturated carbocycles. The molecule has 2 heteroatoms. The molecule has 0 fully saturated rings. The quantitative estimate of drug-likeness (QED) is 0.789. The molecule has 17 heavy (non-hydrogen) atoms. The number of aliphatic hydroxyl groups excluding tert-OH is 1. The zero-order valence-electron chi connectivity index (χ0n) is 9.75. The summed E-state index contributed by atoms with van der Waals surface area (Å²) in [5.74, 6) is 0. The Morgan fingerprint density at radius 2 is 1.47 bits per heavy atom. The second kappa shape index (κ2) is 5.39. The zero-order valence-corrected chi connectivity index (χ0v) is 10.6. The number of hydrogen-bond acceptors (Lipinski definition) is 2. The van der Waals surface area contributed by atoms with Crippen molar-refractivity contribution in [2.45, 2.75) is 18.3 Å². The number of aliphatic hydroxyl groups is 1. The van der Waals surface area contributed by atoms with Crippen molar-refractivity contribution in [1.29, 1.82) is 0 Å². The van der Waals surface area contributed by atoms with Crippen molar-refractivity contribution >= 4 is 12.6 Å². The molecule has 0 saturated heterocycles. The topological polar surface area (TPSA) is 20.2 Å². The van der Waals surface area contributed by atoms with Crippen LogP contribution in [0.4, 0.5) is 0 Å². The highest BCUT2D eigenvalue weighted by molar-refractivity contribution is 7.80. The van der Waals surface area contributed by atoms with Gasteiger partial charge in [0.05, 0.1) is 11.4 Å². The zero-order chi connectivity index (χ0) is 12.3. The van der Waals surface area contributed by atoms with Gasteiger partial charge >= 0.3 is 0 Å². The molecule has 0 aliphatic heterocycles. The second-order valence-electron chi connectivity index (χ2n) is 4.21. The minimum atomic E-state index is -0.582. The summed E-state index contributed by atoms with van der Waals surface area (Å²) in [5, 5.41) is 10.1. The highest BCUT2D eigenvalue weighted by Crippen LogP contribution is 2.33. The van der Waals surface area contributed by atoms with Crippen LogP contribution in [0.15, 0.2) is 54.6 Å². The predicted molar refractivity (Wildman–Crippen MR) is 74.3 cm³/mol. The molecular formula is C15H16OS. The van der Waals surface area contributed by atoms with E-state index < -0.39 is 6.10 Å². The molecule has 0 amide bonds. The fraction of sp³-hybridized carbons (Fsp3) is 0.200. The van der Waals surface area contributed by atoms with E-state index >= 15 is 0 Å². The van der Waals surface area contributed by atoms with Gasteiger partial charge in [0.1, 0.15) is 0 Å². The molecule has 2 aromatic rings. The summed E-state index contributed by atoms with van der Waals surface area (Å²) in [5.41, 5.74) is 3.12. The van der Waals surface area contributed by atoms with Gasteiger partial charge in [-0.2, -0.15) is 12.6 Å². The number of rotatable bonds is 3. The Morgan fingerprint density at radius 1 is 0.882 bits per heavy atom. The molecule has 2 aromatic carbocycles. The minimum absolute atomic E-state index is 0.195. The van der Waals surface area contributed by atoms with Gasteiger partial charge in [-0.1, -0.05) is 60.2 Å². The van der Waals surface area contributed by atoms with Gasteiger partial charge in [-0.25, -0.2) is 0 Å². The summed E-state index contributed by atoms with van der Waals surface area (Å²) in [7, 11) is 0. The van der Waals surface area contributed by atoms with Crippen LogP contribution >= 0.6 is 12.6 Å². The van der Waals surface area contributed by atoms with Crippen LogP contribution in [0.3, 0.4) is 0 Å². The average Bonchev–Trinajstić information content (AvgIpc) is 2.39. The maximum Gasteiger partial charge on any atom is 0.0946 e. The van der Waals surface area contributed by atoms with Crippen molar-refractivity contribution < 1.29 is 5.11 Å². The monoisotopic (exact) mass is 244 g/mol. The fourth-order valence-electron chi connectivity index (χ4n) is 1.78. The van der Waals surface area contributed by atoms with Gasteiger partial charge in [-0.05, 0) is 18.1 Å². The first-order valence-electron chi connectivity index (χ1n) is 5.66. The molecule has 1 N–H and O–H groups in total. The molecule has 0 aromatic heterocycles. The van der Waals surface area contributed by atoms with E-state index in [-0.39, 0.29) is 5.25 Å². The van der Waals surface area contributed by atoms with Crippen LogP contribution in [0.5, 0.6) is 0 Å². The van der Waals surface area contributed by atoms with Gasteiger partial charge in [0, 0.05) is 0 Å². The summed E-state index contributed by atoms with van der Waals surface area (Å²) in [4.78, 5) is 0. The van der Waals surface area contributed by atoms with Crippen molar-refractivity contribution in [3.8, 4) is 0 Å². The lowest BCUT2D eigenvalue weighted by atomic mass is 10.00. The van der Waals surface area contributed by atoms with E-state index in [2.05, 4.69) is 12.6 Å². The number of benzene rings is 2. The highest BCUT2D eigenvalue weighted by atomic mass is 32.1. The number of thiol groups is 1. The molecular weight excluding hydrogens is 228 g/mol. The maximum absolute atomic E-state index is 10.3. The van der Waals surface area contributed by atoms with E-state index in [9.17, 15) is 5.11 Å². The molecule has 88 valence electrons. The molecule has 2 rings (SSSR count). The number of hydrogen-bond donors (Lipinski definition) is 2. The summed E-state index contributed by atoms with van der Waals surface area (Å²) in [6.45, 7) is 2.03.